The van der Waals surface area contributed by atoms with Gasteiger partial charge in [-0.2, -0.15) is 4.98 Å². The molecule has 5 rings (SSSR count). The summed E-state index contributed by atoms with van der Waals surface area (Å²) < 4.78 is 11.3. The minimum Gasteiger partial charge on any atom is -0.497 e. The Hall–Kier alpha value is -4.83. The highest BCUT2D eigenvalue weighted by molar-refractivity contribution is 5.87. The number of hydrogen-bond donors (Lipinski definition) is 2. The fraction of sp³-hybridized carbons (Fsp3) is 0.343. The molecule has 0 aliphatic carbocycles. The van der Waals surface area contributed by atoms with Crippen molar-refractivity contribution in [2.75, 3.05) is 49.5 Å². The third kappa shape index (κ3) is 6.66. The highest BCUT2D eigenvalue weighted by atomic mass is 16.5. The van der Waals surface area contributed by atoms with E-state index in [9.17, 15) is 9.90 Å². The molecule has 10 heteroatoms. The van der Waals surface area contributed by atoms with Crippen LogP contribution in [0.5, 0.6) is 11.5 Å². The third-order valence-corrected chi connectivity index (χ3v) is 8.75. The van der Waals surface area contributed by atoms with Crippen molar-refractivity contribution in [2.24, 2.45) is 0 Å². The van der Waals surface area contributed by atoms with Crippen LogP contribution >= 0.6 is 0 Å². The maximum atomic E-state index is 13.2. The summed E-state index contributed by atoms with van der Waals surface area (Å²) in [4.78, 5) is 28.3. The molecule has 4 aromatic rings. The largest absolute Gasteiger partial charge is 0.497 e. The number of carbonyl (C=O) groups is 1. The van der Waals surface area contributed by atoms with Crippen molar-refractivity contribution >= 4 is 29.2 Å². The fourth-order valence-electron chi connectivity index (χ4n) is 6.12. The quantitative estimate of drug-likeness (QED) is 0.215. The molecule has 2 N–H and O–H groups in total. The van der Waals surface area contributed by atoms with Crippen molar-refractivity contribution in [3.8, 4) is 11.5 Å². The molecule has 0 radical (unpaired) electrons. The number of piperazine rings is 1. The van der Waals surface area contributed by atoms with Crippen molar-refractivity contribution in [1.29, 1.82) is 0 Å². The minimum absolute atomic E-state index is 0.217. The lowest BCUT2D eigenvalue weighted by Gasteiger charge is -2.43. The van der Waals surface area contributed by atoms with E-state index >= 15 is 0 Å². The molecule has 236 valence electrons. The summed E-state index contributed by atoms with van der Waals surface area (Å²) in [6, 6.07) is 21.2. The number of methoxy groups -OCH3 is 2. The summed E-state index contributed by atoms with van der Waals surface area (Å²) in [6.07, 6.45) is 0.393. The molecule has 0 saturated carbocycles. The van der Waals surface area contributed by atoms with Gasteiger partial charge in [-0.1, -0.05) is 18.2 Å². The monoisotopic (exact) mass is 610 g/mol. The number of anilines is 4. The minimum atomic E-state index is -1.17. The van der Waals surface area contributed by atoms with E-state index in [0.29, 0.717) is 29.1 Å². The van der Waals surface area contributed by atoms with Gasteiger partial charge in [-0.05, 0) is 100.0 Å². The summed E-state index contributed by atoms with van der Waals surface area (Å²) in [5.74, 6) is 1.62. The van der Waals surface area contributed by atoms with Crippen LogP contribution in [0.3, 0.4) is 0 Å². The summed E-state index contributed by atoms with van der Waals surface area (Å²) in [5.41, 5.74) is 5.30. The van der Waals surface area contributed by atoms with Crippen molar-refractivity contribution < 1.29 is 19.4 Å². The Morgan fingerprint density at radius 2 is 1.64 bits per heavy atom. The van der Waals surface area contributed by atoms with Gasteiger partial charge in [0.25, 0.3) is 0 Å². The van der Waals surface area contributed by atoms with E-state index in [1.165, 1.54) is 4.90 Å². The summed E-state index contributed by atoms with van der Waals surface area (Å²) in [5, 5.41) is 14.0. The maximum absolute atomic E-state index is 13.2. The number of carboxylic acid groups (broad SMARTS) is 1. The van der Waals surface area contributed by atoms with Gasteiger partial charge in [-0.3, -0.25) is 4.90 Å². The topological polar surface area (TPSA) is 103 Å². The molecule has 1 saturated heterocycles. The highest BCUT2D eigenvalue weighted by Gasteiger charge is 2.34. The molecule has 2 heterocycles. The second kappa shape index (κ2) is 13.4. The van der Waals surface area contributed by atoms with Crippen molar-refractivity contribution in [3.63, 3.8) is 0 Å². The summed E-state index contributed by atoms with van der Waals surface area (Å²) in [6.45, 7) is 10.4. The number of nitrogens with one attached hydrogen (secondary N) is 1. The Labute approximate surface area is 265 Å². The number of aromatic nitrogens is 2. The zero-order valence-electron chi connectivity index (χ0n) is 27.0. The van der Waals surface area contributed by atoms with Gasteiger partial charge < -0.3 is 24.8 Å². The van der Waals surface area contributed by atoms with Crippen LogP contribution in [0.4, 0.5) is 27.9 Å². The maximum Gasteiger partial charge on any atom is 0.413 e. The van der Waals surface area contributed by atoms with Gasteiger partial charge >= 0.3 is 6.09 Å². The van der Waals surface area contributed by atoms with E-state index < -0.39 is 12.1 Å². The molecule has 1 aliphatic heterocycles. The molecule has 1 unspecified atom stereocenters. The van der Waals surface area contributed by atoms with E-state index in [1.807, 2.05) is 50.2 Å². The summed E-state index contributed by atoms with van der Waals surface area (Å²) in [7, 11) is 5.33. The molecule has 1 fully saturated rings. The van der Waals surface area contributed by atoms with Gasteiger partial charge in [0.2, 0.25) is 5.95 Å². The number of benzene rings is 3. The lowest BCUT2D eigenvalue weighted by Crippen LogP contribution is -2.55. The lowest BCUT2D eigenvalue weighted by atomic mass is 9.89. The number of ether oxygens (including phenoxy) is 2. The van der Waals surface area contributed by atoms with E-state index in [2.05, 4.69) is 53.1 Å². The van der Waals surface area contributed by atoms with E-state index in [1.54, 1.807) is 38.6 Å². The first kappa shape index (κ1) is 31.6. The van der Waals surface area contributed by atoms with Gasteiger partial charge in [0, 0.05) is 48.3 Å². The predicted molar refractivity (Wildman–Crippen MR) is 178 cm³/mol. The summed E-state index contributed by atoms with van der Waals surface area (Å²) >= 11 is 0. The second-order valence-corrected chi connectivity index (χ2v) is 11.6. The molecule has 0 spiro atoms. The van der Waals surface area contributed by atoms with Gasteiger partial charge in [-0.15, -0.1) is 0 Å². The number of hydrogen-bond acceptors (Lipinski definition) is 8. The van der Waals surface area contributed by atoms with Crippen LogP contribution in [0.25, 0.3) is 0 Å². The average Bonchev–Trinajstić information content (AvgIpc) is 3.03. The first-order valence-electron chi connectivity index (χ1n) is 15.1. The number of likely N-dealkylation sites (N-methyl/N-ethyl adjacent to an activating group) is 1. The number of nitrogens with zero attached hydrogens (tertiary/aromatic N) is 5. The Kier molecular flexibility index (Phi) is 9.43. The third-order valence-electron chi connectivity index (χ3n) is 8.75. The van der Waals surface area contributed by atoms with Crippen molar-refractivity contribution in [3.05, 3.63) is 95.2 Å². The Morgan fingerprint density at radius 1 is 0.978 bits per heavy atom. The highest BCUT2D eigenvalue weighted by Crippen LogP contribution is 2.41. The Bertz CT molecular complexity index is 1610. The molecule has 3 aromatic carbocycles. The predicted octanol–water partition coefficient (Wildman–Crippen LogP) is 6.66. The van der Waals surface area contributed by atoms with Gasteiger partial charge in [0.15, 0.2) is 0 Å². The van der Waals surface area contributed by atoms with Crippen molar-refractivity contribution in [1.82, 2.24) is 14.9 Å². The number of rotatable bonds is 9. The standard InChI is InChI=1S/C35H42N6O4/c1-22-9-8-10-23(2)32(22)33(29-19-28(44-6)15-16-30(29)45-7)41(35(42)43)31-17-18-36-34(38-31)37-26-11-13-27(14-12-26)40-20-24(3)39(5)25(4)21-40/h8-19,24-25,33H,20-21H2,1-7H3,(H,42,43)(H,36,37,38)/t24-,25+,33?. The molecule has 1 aromatic heterocycles. The molecule has 0 bridgehead atoms. The van der Waals surface area contributed by atoms with Crippen molar-refractivity contribution in [2.45, 2.75) is 45.8 Å². The van der Waals surface area contributed by atoms with Crippen LogP contribution < -0.4 is 24.6 Å². The first-order chi connectivity index (χ1) is 21.6. The molecule has 1 amide bonds. The van der Waals surface area contributed by atoms with Gasteiger partial charge in [-0.25, -0.2) is 14.7 Å². The molecule has 3 atom stereocenters. The average molecular weight is 611 g/mol. The van der Waals surface area contributed by atoms with Crippen LogP contribution in [0, 0.1) is 13.8 Å². The number of amides is 1. The van der Waals surface area contributed by atoms with E-state index in [4.69, 9.17) is 14.5 Å². The van der Waals surface area contributed by atoms with Crippen LogP contribution in [0.1, 0.15) is 42.1 Å². The molecule has 45 heavy (non-hydrogen) atoms. The molecular formula is C35H42N6O4. The van der Waals surface area contributed by atoms with Gasteiger partial charge in [0.1, 0.15) is 17.3 Å². The SMILES string of the molecule is COc1ccc(OC)c(C(c2c(C)cccc2C)N(C(=O)O)c2ccnc(Nc3ccc(N4C[C@@H](C)N(C)[C@@H](C)C4)cc3)n2)c1. The van der Waals surface area contributed by atoms with Crippen LogP contribution in [-0.2, 0) is 0 Å². The van der Waals surface area contributed by atoms with E-state index in [0.717, 1.165) is 41.2 Å². The first-order valence-corrected chi connectivity index (χ1v) is 15.1. The van der Waals surface area contributed by atoms with Gasteiger partial charge in [0.05, 0.1) is 20.3 Å². The zero-order valence-corrected chi connectivity index (χ0v) is 27.0. The van der Waals surface area contributed by atoms with Crippen LogP contribution in [0.15, 0.2) is 72.9 Å². The Balaban J connectivity index is 1.50. The molecular weight excluding hydrogens is 568 g/mol. The van der Waals surface area contributed by atoms with Crippen LogP contribution in [-0.4, -0.2) is 72.5 Å². The molecule has 1 aliphatic rings. The molecule has 10 nitrogen and oxygen atoms in total. The lowest BCUT2D eigenvalue weighted by molar-refractivity contribution is 0.170. The number of aryl methyl sites for hydroxylation is 2. The normalized spacial score (nSPS) is 17.4. The smallest absolute Gasteiger partial charge is 0.413 e. The van der Waals surface area contributed by atoms with Crippen LogP contribution in [0.2, 0.25) is 0 Å². The zero-order chi connectivity index (χ0) is 32.2. The second-order valence-electron chi connectivity index (χ2n) is 11.6. The van der Waals surface area contributed by atoms with E-state index in [-0.39, 0.29) is 11.8 Å². The fourth-order valence-corrected chi connectivity index (χ4v) is 6.12. The Morgan fingerprint density at radius 3 is 2.24 bits per heavy atom.